The highest BCUT2D eigenvalue weighted by atomic mass is 16.5. The number of methoxy groups -OCH3 is 1. The first-order valence-corrected chi connectivity index (χ1v) is 5.89. The van der Waals surface area contributed by atoms with E-state index < -0.39 is 12.1 Å². The second-order valence-corrected chi connectivity index (χ2v) is 5.56. The number of hydrogen-bond acceptors (Lipinski definition) is 3. The fraction of sp³-hybridized carbons (Fsp3) is 0.833. The van der Waals surface area contributed by atoms with Crippen LogP contribution in [0, 0.1) is 5.41 Å². The highest BCUT2D eigenvalue weighted by Crippen LogP contribution is 2.13. The average Bonchev–Trinajstić information content (AvgIpc) is 2.20. The van der Waals surface area contributed by atoms with Gasteiger partial charge < -0.3 is 20.1 Å². The number of carbonyl (C=O) groups is 2. The summed E-state index contributed by atoms with van der Waals surface area (Å²) in [7, 11) is 3.14. The third kappa shape index (κ3) is 7.89. The van der Waals surface area contributed by atoms with Crippen molar-refractivity contribution in [1.29, 1.82) is 0 Å². The van der Waals surface area contributed by atoms with Crippen molar-refractivity contribution in [1.82, 2.24) is 10.2 Å². The van der Waals surface area contributed by atoms with Crippen LogP contribution in [0.25, 0.3) is 0 Å². The summed E-state index contributed by atoms with van der Waals surface area (Å²) in [5.41, 5.74) is 0.0216. The summed E-state index contributed by atoms with van der Waals surface area (Å²) in [6.45, 7) is 6.93. The number of rotatable bonds is 6. The van der Waals surface area contributed by atoms with Crippen molar-refractivity contribution in [3.63, 3.8) is 0 Å². The Morgan fingerprint density at radius 1 is 1.39 bits per heavy atom. The number of carboxylic acid groups (broad SMARTS) is 1. The Kier molecular flexibility index (Phi) is 6.68. The smallest absolute Gasteiger partial charge is 0.317 e. The first kappa shape index (κ1) is 16.7. The molecular weight excluding hydrogens is 236 g/mol. The maximum absolute atomic E-state index is 11.7. The predicted molar refractivity (Wildman–Crippen MR) is 68.5 cm³/mol. The van der Waals surface area contributed by atoms with Gasteiger partial charge in [-0.1, -0.05) is 20.8 Å². The van der Waals surface area contributed by atoms with Crippen LogP contribution < -0.4 is 5.32 Å². The van der Waals surface area contributed by atoms with Crippen LogP contribution in [0.3, 0.4) is 0 Å². The largest absolute Gasteiger partial charge is 0.481 e. The van der Waals surface area contributed by atoms with Gasteiger partial charge in [-0.2, -0.15) is 0 Å². The second kappa shape index (κ2) is 7.20. The van der Waals surface area contributed by atoms with E-state index in [9.17, 15) is 9.59 Å². The first-order chi connectivity index (χ1) is 8.15. The van der Waals surface area contributed by atoms with Gasteiger partial charge in [0.05, 0.1) is 12.5 Å². The highest BCUT2D eigenvalue weighted by Gasteiger charge is 2.19. The van der Waals surface area contributed by atoms with Crippen molar-refractivity contribution >= 4 is 12.0 Å². The molecule has 0 aromatic rings. The standard InChI is InChI=1S/C12H24N2O4/c1-12(2,3)8-14(4)11(17)13-7-9(18-5)6-10(15)16/h9H,6-8H2,1-5H3,(H,13,17)(H,15,16). The molecule has 6 nitrogen and oxygen atoms in total. The number of aliphatic carboxylic acids is 1. The van der Waals surface area contributed by atoms with Gasteiger partial charge in [0.25, 0.3) is 0 Å². The highest BCUT2D eigenvalue weighted by molar-refractivity contribution is 5.74. The maximum atomic E-state index is 11.7. The predicted octanol–water partition coefficient (Wildman–Crippen LogP) is 1.16. The second-order valence-electron chi connectivity index (χ2n) is 5.56. The summed E-state index contributed by atoms with van der Waals surface area (Å²) in [5.74, 6) is -0.945. The molecule has 0 heterocycles. The van der Waals surface area contributed by atoms with Gasteiger partial charge in [0.15, 0.2) is 0 Å². The van der Waals surface area contributed by atoms with Crippen molar-refractivity contribution in [3.05, 3.63) is 0 Å². The molecule has 1 atom stereocenters. The molecule has 18 heavy (non-hydrogen) atoms. The van der Waals surface area contributed by atoms with Crippen molar-refractivity contribution < 1.29 is 19.4 Å². The molecular formula is C12H24N2O4. The van der Waals surface area contributed by atoms with E-state index in [-0.39, 0.29) is 24.4 Å². The Hall–Kier alpha value is -1.30. The minimum Gasteiger partial charge on any atom is -0.481 e. The van der Waals surface area contributed by atoms with Gasteiger partial charge in [-0.25, -0.2) is 4.79 Å². The normalized spacial score (nSPS) is 12.9. The van der Waals surface area contributed by atoms with Crippen LogP contribution in [0.15, 0.2) is 0 Å². The lowest BCUT2D eigenvalue weighted by molar-refractivity contribution is -0.139. The number of amides is 2. The number of urea groups is 1. The summed E-state index contributed by atoms with van der Waals surface area (Å²) in [6.07, 6.45) is -0.630. The van der Waals surface area contributed by atoms with Crippen LogP contribution in [-0.4, -0.2) is 55.4 Å². The minimum absolute atomic E-state index is 0.0216. The van der Waals surface area contributed by atoms with E-state index in [1.54, 1.807) is 11.9 Å². The Balaban J connectivity index is 4.11. The molecule has 0 fully saturated rings. The molecule has 0 saturated carbocycles. The van der Waals surface area contributed by atoms with Crippen LogP contribution in [0.4, 0.5) is 4.79 Å². The van der Waals surface area contributed by atoms with Gasteiger partial charge in [-0.15, -0.1) is 0 Å². The fourth-order valence-electron chi connectivity index (χ4n) is 1.55. The van der Waals surface area contributed by atoms with Gasteiger partial charge in [-0.3, -0.25) is 4.79 Å². The molecule has 6 heteroatoms. The molecule has 0 aromatic heterocycles. The van der Waals surface area contributed by atoms with Crippen LogP contribution in [0.2, 0.25) is 0 Å². The molecule has 0 aromatic carbocycles. The van der Waals surface area contributed by atoms with E-state index in [1.807, 2.05) is 20.8 Å². The summed E-state index contributed by atoms with van der Waals surface area (Å²) >= 11 is 0. The first-order valence-electron chi connectivity index (χ1n) is 5.89. The van der Waals surface area contributed by atoms with Gasteiger partial charge >= 0.3 is 12.0 Å². The number of ether oxygens (including phenoxy) is 1. The topological polar surface area (TPSA) is 78.9 Å². The maximum Gasteiger partial charge on any atom is 0.317 e. The van der Waals surface area contributed by atoms with Crippen molar-refractivity contribution in [2.45, 2.75) is 33.3 Å². The van der Waals surface area contributed by atoms with Crippen molar-refractivity contribution in [2.75, 3.05) is 27.2 Å². The molecule has 106 valence electrons. The molecule has 2 amide bonds. The summed E-state index contributed by atoms with van der Waals surface area (Å²) in [6, 6.07) is -0.225. The number of carboxylic acids is 1. The summed E-state index contributed by atoms with van der Waals surface area (Å²) < 4.78 is 4.98. The average molecular weight is 260 g/mol. The Bertz CT molecular complexity index is 286. The molecule has 0 bridgehead atoms. The van der Waals surface area contributed by atoms with Crippen molar-refractivity contribution in [3.8, 4) is 0 Å². The monoisotopic (exact) mass is 260 g/mol. The summed E-state index contributed by atoms with van der Waals surface area (Å²) in [5, 5.41) is 11.3. The molecule has 0 saturated heterocycles. The van der Waals surface area contributed by atoms with Gasteiger partial charge in [0.2, 0.25) is 0 Å². The molecule has 1 unspecified atom stereocenters. The zero-order chi connectivity index (χ0) is 14.3. The van der Waals surface area contributed by atoms with Gasteiger partial charge in [0, 0.05) is 27.2 Å². The number of nitrogens with one attached hydrogen (secondary N) is 1. The third-order valence-corrected chi connectivity index (χ3v) is 2.27. The minimum atomic E-state index is -0.945. The van der Waals surface area contributed by atoms with E-state index in [2.05, 4.69) is 5.32 Å². The molecule has 2 N–H and O–H groups in total. The number of nitrogens with zero attached hydrogens (tertiary/aromatic N) is 1. The quantitative estimate of drug-likeness (QED) is 0.751. The Morgan fingerprint density at radius 2 is 1.94 bits per heavy atom. The molecule has 0 aliphatic rings. The van der Waals surface area contributed by atoms with E-state index in [0.29, 0.717) is 6.54 Å². The van der Waals surface area contributed by atoms with Gasteiger partial charge in [0.1, 0.15) is 0 Å². The SMILES string of the molecule is COC(CNC(=O)N(C)CC(C)(C)C)CC(=O)O. The third-order valence-electron chi connectivity index (χ3n) is 2.27. The zero-order valence-electron chi connectivity index (χ0n) is 11.8. The number of hydrogen-bond donors (Lipinski definition) is 2. The van der Waals surface area contributed by atoms with E-state index in [0.717, 1.165) is 0 Å². The van der Waals surface area contributed by atoms with E-state index in [1.165, 1.54) is 7.11 Å². The molecule has 0 radical (unpaired) electrons. The van der Waals surface area contributed by atoms with Crippen LogP contribution in [-0.2, 0) is 9.53 Å². The molecule has 0 aliphatic carbocycles. The van der Waals surface area contributed by atoms with E-state index >= 15 is 0 Å². The zero-order valence-corrected chi connectivity index (χ0v) is 11.8. The summed E-state index contributed by atoms with van der Waals surface area (Å²) in [4.78, 5) is 23.8. The van der Waals surface area contributed by atoms with Crippen LogP contribution in [0.5, 0.6) is 0 Å². The Morgan fingerprint density at radius 3 is 2.33 bits per heavy atom. The number of carbonyl (C=O) groups excluding carboxylic acids is 1. The van der Waals surface area contributed by atoms with Crippen molar-refractivity contribution in [2.24, 2.45) is 5.41 Å². The molecule has 0 rings (SSSR count). The van der Waals surface area contributed by atoms with E-state index in [4.69, 9.17) is 9.84 Å². The lowest BCUT2D eigenvalue weighted by atomic mass is 9.96. The Labute approximate surface area is 108 Å². The molecule has 0 aliphatic heterocycles. The lowest BCUT2D eigenvalue weighted by Gasteiger charge is -2.27. The van der Waals surface area contributed by atoms with Crippen LogP contribution >= 0.6 is 0 Å². The van der Waals surface area contributed by atoms with Crippen LogP contribution in [0.1, 0.15) is 27.2 Å². The molecule has 0 spiro atoms. The van der Waals surface area contributed by atoms with Gasteiger partial charge in [-0.05, 0) is 5.41 Å². The fourth-order valence-corrected chi connectivity index (χ4v) is 1.55. The lowest BCUT2D eigenvalue weighted by Crippen LogP contribution is -2.44.